The van der Waals surface area contributed by atoms with Gasteiger partial charge in [0.1, 0.15) is 18.2 Å². The van der Waals surface area contributed by atoms with Crippen molar-refractivity contribution in [2.75, 3.05) is 0 Å². The molecular formula is C14H17N5. The number of nitrogens with zero attached hydrogens (tertiary/aromatic N) is 5. The van der Waals surface area contributed by atoms with Crippen LogP contribution in [0.3, 0.4) is 0 Å². The van der Waals surface area contributed by atoms with Crippen LogP contribution in [0.15, 0.2) is 24.7 Å². The van der Waals surface area contributed by atoms with Crippen LogP contribution in [-0.2, 0) is 0 Å². The first-order valence-corrected chi connectivity index (χ1v) is 6.56. The van der Waals surface area contributed by atoms with Crippen LogP contribution < -0.4 is 0 Å². The molecule has 0 N–H and O–H groups in total. The Bertz CT molecular complexity index is 564. The topological polar surface area (TPSA) is 67.4 Å². The van der Waals surface area contributed by atoms with Crippen molar-refractivity contribution in [2.45, 2.75) is 39.0 Å². The molecule has 98 valence electrons. The van der Waals surface area contributed by atoms with Gasteiger partial charge in [-0.15, -0.1) is 0 Å². The molecule has 2 heterocycles. The van der Waals surface area contributed by atoms with Gasteiger partial charge in [-0.3, -0.25) is 0 Å². The Kier molecular flexibility index (Phi) is 4.24. The van der Waals surface area contributed by atoms with Gasteiger partial charge in [0.2, 0.25) is 0 Å². The van der Waals surface area contributed by atoms with E-state index in [1.807, 2.05) is 0 Å². The summed E-state index contributed by atoms with van der Waals surface area (Å²) >= 11 is 0. The third-order valence-corrected chi connectivity index (χ3v) is 3.16. The average molecular weight is 255 g/mol. The maximum atomic E-state index is 8.79. The lowest BCUT2D eigenvalue weighted by molar-refractivity contribution is 0.546. The molecule has 0 radical (unpaired) electrons. The molecule has 0 saturated heterocycles. The van der Waals surface area contributed by atoms with Crippen molar-refractivity contribution in [1.82, 2.24) is 19.7 Å². The van der Waals surface area contributed by atoms with Crippen molar-refractivity contribution in [3.8, 4) is 11.9 Å². The number of nitriles is 1. The van der Waals surface area contributed by atoms with Crippen LogP contribution in [0.4, 0.5) is 0 Å². The lowest BCUT2D eigenvalue weighted by atomic mass is 10.00. The Morgan fingerprint density at radius 2 is 2.16 bits per heavy atom. The second-order valence-corrected chi connectivity index (χ2v) is 4.44. The van der Waals surface area contributed by atoms with E-state index < -0.39 is 0 Å². The van der Waals surface area contributed by atoms with Crippen LogP contribution in [0.25, 0.3) is 5.82 Å². The highest BCUT2D eigenvalue weighted by molar-refractivity contribution is 5.32. The fourth-order valence-electron chi connectivity index (χ4n) is 2.15. The predicted octanol–water partition coefficient (Wildman–Crippen LogP) is 2.83. The first-order chi connectivity index (χ1) is 9.30. The van der Waals surface area contributed by atoms with Gasteiger partial charge in [0.25, 0.3) is 0 Å². The Morgan fingerprint density at radius 1 is 1.32 bits per heavy atom. The van der Waals surface area contributed by atoms with Crippen molar-refractivity contribution >= 4 is 0 Å². The third kappa shape index (κ3) is 2.79. The highest BCUT2D eigenvalue weighted by atomic mass is 15.4. The van der Waals surface area contributed by atoms with E-state index in [0.29, 0.717) is 17.3 Å². The molecule has 2 aromatic rings. The van der Waals surface area contributed by atoms with Crippen LogP contribution in [0.2, 0.25) is 0 Å². The average Bonchev–Trinajstić information content (AvgIpc) is 2.94. The summed E-state index contributed by atoms with van der Waals surface area (Å²) in [5, 5.41) is 13.0. The normalized spacial score (nSPS) is 12.1. The summed E-state index contributed by atoms with van der Waals surface area (Å²) in [5.74, 6) is 2.05. The van der Waals surface area contributed by atoms with Crippen LogP contribution in [-0.4, -0.2) is 19.7 Å². The summed E-state index contributed by atoms with van der Waals surface area (Å²) in [5.41, 5.74) is 0.547. The Labute approximate surface area is 112 Å². The van der Waals surface area contributed by atoms with Crippen molar-refractivity contribution in [2.24, 2.45) is 0 Å². The zero-order valence-corrected chi connectivity index (χ0v) is 11.2. The van der Waals surface area contributed by atoms with E-state index in [9.17, 15) is 0 Å². The molecule has 0 bridgehead atoms. The summed E-state index contributed by atoms with van der Waals surface area (Å²) < 4.78 is 1.77. The van der Waals surface area contributed by atoms with E-state index in [1.54, 1.807) is 29.3 Å². The van der Waals surface area contributed by atoms with E-state index in [-0.39, 0.29) is 0 Å². The molecular weight excluding hydrogens is 238 g/mol. The number of rotatable bonds is 5. The van der Waals surface area contributed by atoms with Crippen LogP contribution in [0, 0.1) is 11.3 Å². The number of hydrogen-bond donors (Lipinski definition) is 0. The van der Waals surface area contributed by atoms with Gasteiger partial charge in [-0.1, -0.05) is 20.3 Å². The molecule has 5 nitrogen and oxygen atoms in total. The third-order valence-electron chi connectivity index (χ3n) is 3.16. The van der Waals surface area contributed by atoms with E-state index in [4.69, 9.17) is 5.26 Å². The SMILES string of the molecule is CCCC(CC)c1ncnn1-c1ccc(C#N)cn1. The molecule has 0 aliphatic rings. The Morgan fingerprint density at radius 3 is 2.74 bits per heavy atom. The van der Waals surface area contributed by atoms with Crippen LogP contribution in [0.1, 0.15) is 50.4 Å². The fourth-order valence-corrected chi connectivity index (χ4v) is 2.15. The molecule has 0 amide bonds. The molecule has 0 aromatic carbocycles. The predicted molar refractivity (Wildman–Crippen MR) is 71.8 cm³/mol. The number of pyridine rings is 1. The van der Waals surface area contributed by atoms with E-state index in [2.05, 4.69) is 35.0 Å². The minimum absolute atomic E-state index is 0.393. The summed E-state index contributed by atoms with van der Waals surface area (Å²) in [6.07, 6.45) is 6.36. The second-order valence-electron chi connectivity index (χ2n) is 4.44. The van der Waals surface area contributed by atoms with Gasteiger partial charge < -0.3 is 0 Å². The monoisotopic (exact) mass is 255 g/mol. The van der Waals surface area contributed by atoms with Crippen molar-refractivity contribution < 1.29 is 0 Å². The Hall–Kier alpha value is -2.22. The molecule has 0 spiro atoms. The first-order valence-electron chi connectivity index (χ1n) is 6.56. The molecule has 1 atom stereocenters. The van der Waals surface area contributed by atoms with Crippen molar-refractivity contribution in [3.05, 3.63) is 36.0 Å². The van der Waals surface area contributed by atoms with Gasteiger partial charge in [0, 0.05) is 12.1 Å². The maximum Gasteiger partial charge on any atom is 0.155 e. The molecule has 0 saturated carbocycles. The van der Waals surface area contributed by atoms with Gasteiger partial charge in [-0.05, 0) is 25.0 Å². The minimum Gasteiger partial charge on any atom is -0.236 e. The summed E-state index contributed by atoms with van der Waals surface area (Å²) in [4.78, 5) is 8.64. The fraction of sp³-hybridized carbons (Fsp3) is 0.429. The molecule has 19 heavy (non-hydrogen) atoms. The molecule has 2 rings (SSSR count). The zero-order chi connectivity index (χ0) is 13.7. The van der Waals surface area contributed by atoms with E-state index >= 15 is 0 Å². The molecule has 0 aliphatic carbocycles. The highest BCUT2D eigenvalue weighted by Gasteiger charge is 2.16. The highest BCUT2D eigenvalue weighted by Crippen LogP contribution is 2.23. The lowest BCUT2D eigenvalue weighted by Gasteiger charge is -2.13. The number of aromatic nitrogens is 4. The Balaban J connectivity index is 2.35. The van der Waals surface area contributed by atoms with Crippen molar-refractivity contribution in [3.63, 3.8) is 0 Å². The van der Waals surface area contributed by atoms with Crippen molar-refractivity contribution in [1.29, 1.82) is 5.26 Å². The summed E-state index contributed by atoms with van der Waals surface area (Å²) in [6.45, 7) is 4.33. The van der Waals surface area contributed by atoms with E-state index in [1.165, 1.54) is 0 Å². The summed E-state index contributed by atoms with van der Waals surface area (Å²) in [7, 11) is 0. The van der Waals surface area contributed by atoms with Gasteiger partial charge >= 0.3 is 0 Å². The van der Waals surface area contributed by atoms with Crippen LogP contribution >= 0.6 is 0 Å². The smallest absolute Gasteiger partial charge is 0.155 e. The molecule has 2 aromatic heterocycles. The molecule has 1 unspecified atom stereocenters. The van der Waals surface area contributed by atoms with Gasteiger partial charge in [0.15, 0.2) is 5.82 Å². The van der Waals surface area contributed by atoms with Gasteiger partial charge in [-0.25, -0.2) is 9.97 Å². The molecule has 0 fully saturated rings. The molecule has 5 heteroatoms. The summed E-state index contributed by atoms with van der Waals surface area (Å²) in [6, 6.07) is 5.61. The number of hydrogen-bond acceptors (Lipinski definition) is 4. The second kappa shape index (κ2) is 6.10. The maximum absolute atomic E-state index is 8.79. The largest absolute Gasteiger partial charge is 0.236 e. The first kappa shape index (κ1) is 13.2. The minimum atomic E-state index is 0.393. The van der Waals surface area contributed by atoms with E-state index in [0.717, 1.165) is 25.1 Å². The zero-order valence-electron chi connectivity index (χ0n) is 11.2. The van der Waals surface area contributed by atoms with Crippen LogP contribution in [0.5, 0.6) is 0 Å². The molecule has 0 aliphatic heterocycles. The quantitative estimate of drug-likeness (QED) is 0.823. The standard InChI is InChI=1S/C14H17N5/c1-3-5-12(4-2)14-17-10-18-19(14)13-7-6-11(8-15)9-16-13/h6-7,9-10,12H,3-5H2,1-2H3. The lowest BCUT2D eigenvalue weighted by Crippen LogP contribution is -2.10. The van der Waals surface area contributed by atoms with Gasteiger partial charge in [-0.2, -0.15) is 15.0 Å². The van der Waals surface area contributed by atoms with Gasteiger partial charge in [0.05, 0.1) is 5.56 Å².